The van der Waals surface area contributed by atoms with Crippen LogP contribution in [0, 0.1) is 6.92 Å². The number of hydrogen-bond acceptors (Lipinski definition) is 7. The molecule has 1 aromatic carbocycles. The largest absolute Gasteiger partial charge is 0.462 e. The van der Waals surface area contributed by atoms with E-state index in [1.807, 2.05) is 32.8 Å². The van der Waals surface area contributed by atoms with Crippen LogP contribution in [0.4, 0.5) is 10.7 Å². The summed E-state index contributed by atoms with van der Waals surface area (Å²) < 4.78 is 10.2. The lowest BCUT2D eigenvalue weighted by Gasteiger charge is -2.12. The van der Waals surface area contributed by atoms with Crippen LogP contribution in [0.25, 0.3) is 0 Å². The van der Waals surface area contributed by atoms with Crippen LogP contribution in [0.5, 0.6) is 0 Å². The highest BCUT2D eigenvalue weighted by Crippen LogP contribution is 2.34. The minimum Gasteiger partial charge on any atom is -0.462 e. The Hall–Kier alpha value is -2.87. The number of anilines is 2. The number of aryl methyl sites for hydroxylation is 1. The average Bonchev–Trinajstić information content (AvgIpc) is 3.01. The molecule has 29 heavy (non-hydrogen) atoms. The molecule has 1 aromatic heterocycles. The first-order chi connectivity index (χ1) is 13.8. The average molecular weight is 419 g/mol. The summed E-state index contributed by atoms with van der Waals surface area (Å²) in [7, 11) is 3.80. The Morgan fingerprint density at radius 2 is 1.69 bits per heavy atom. The molecule has 0 fully saturated rings. The first-order valence-corrected chi connectivity index (χ1v) is 10.1. The number of ether oxygens (including phenoxy) is 2. The van der Waals surface area contributed by atoms with Crippen molar-refractivity contribution >= 4 is 39.9 Å². The van der Waals surface area contributed by atoms with Gasteiger partial charge in [0.1, 0.15) is 5.00 Å². The molecule has 156 valence electrons. The molecule has 0 saturated carbocycles. The number of esters is 2. The van der Waals surface area contributed by atoms with Crippen LogP contribution in [-0.2, 0) is 20.7 Å². The molecule has 7 nitrogen and oxygen atoms in total. The number of nitrogens with zero attached hydrogens (tertiary/aromatic N) is 1. The fourth-order valence-electron chi connectivity index (χ4n) is 2.78. The molecule has 0 atom stereocenters. The zero-order valence-corrected chi connectivity index (χ0v) is 18.1. The third-order valence-corrected chi connectivity index (χ3v) is 5.31. The highest BCUT2D eigenvalue weighted by molar-refractivity contribution is 7.16. The molecular weight excluding hydrogens is 392 g/mol. The van der Waals surface area contributed by atoms with Gasteiger partial charge in [-0.15, -0.1) is 11.3 Å². The van der Waals surface area contributed by atoms with Gasteiger partial charge in [-0.2, -0.15) is 0 Å². The number of hydrogen-bond donors (Lipinski definition) is 1. The molecular formula is C21H26N2O5S. The summed E-state index contributed by atoms with van der Waals surface area (Å²) in [5, 5.41) is 3.08. The van der Waals surface area contributed by atoms with Crippen LogP contribution in [0.2, 0.25) is 0 Å². The Morgan fingerprint density at radius 1 is 1.03 bits per heavy atom. The molecule has 1 amide bonds. The van der Waals surface area contributed by atoms with Crippen LogP contribution < -0.4 is 10.2 Å². The second-order valence-electron chi connectivity index (χ2n) is 6.48. The predicted octanol–water partition coefficient (Wildman–Crippen LogP) is 3.66. The third-order valence-electron chi connectivity index (χ3n) is 4.25. The predicted molar refractivity (Wildman–Crippen MR) is 114 cm³/mol. The second-order valence-corrected chi connectivity index (χ2v) is 7.71. The molecule has 0 radical (unpaired) electrons. The van der Waals surface area contributed by atoms with E-state index in [4.69, 9.17) is 9.47 Å². The first kappa shape index (κ1) is 22.4. The van der Waals surface area contributed by atoms with Crippen molar-refractivity contribution in [1.82, 2.24) is 0 Å². The third kappa shape index (κ3) is 5.57. The summed E-state index contributed by atoms with van der Waals surface area (Å²) in [5.41, 5.74) is 2.53. The molecule has 1 N–H and O–H groups in total. The van der Waals surface area contributed by atoms with E-state index in [1.54, 1.807) is 31.2 Å². The Kier molecular flexibility index (Phi) is 7.78. The van der Waals surface area contributed by atoms with Gasteiger partial charge in [0, 0.05) is 24.7 Å². The maximum atomic E-state index is 12.3. The molecule has 0 spiro atoms. The molecule has 0 unspecified atom stereocenters. The maximum absolute atomic E-state index is 12.3. The van der Waals surface area contributed by atoms with Crippen LogP contribution >= 0.6 is 11.3 Å². The lowest BCUT2D eigenvalue weighted by Crippen LogP contribution is -2.22. The van der Waals surface area contributed by atoms with Gasteiger partial charge in [0.2, 0.25) is 0 Å². The quantitative estimate of drug-likeness (QED) is 0.659. The minimum atomic E-state index is -0.590. The van der Waals surface area contributed by atoms with Crippen LogP contribution in [-0.4, -0.2) is 45.2 Å². The van der Waals surface area contributed by atoms with Crippen LogP contribution in [0.1, 0.15) is 45.0 Å². The smallest absolute Gasteiger partial charge is 0.341 e. The van der Waals surface area contributed by atoms with Gasteiger partial charge in [0.05, 0.1) is 17.7 Å². The van der Waals surface area contributed by atoms with E-state index >= 15 is 0 Å². The minimum absolute atomic E-state index is 0.245. The van der Waals surface area contributed by atoms with E-state index in [1.165, 1.54) is 11.3 Å². The molecule has 2 aromatic rings. The number of carbonyl (C=O) groups excluding carboxylic acids is 3. The fraction of sp³-hybridized carbons (Fsp3) is 0.381. The van der Waals surface area contributed by atoms with Gasteiger partial charge in [-0.3, -0.25) is 4.79 Å². The van der Waals surface area contributed by atoms with E-state index in [2.05, 4.69) is 5.32 Å². The van der Waals surface area contributed by atoms with Crippen LogP contribution in [0.15, 0.2) is 24.3 Å². The Bertz CT molecular complexity index is 887. The van der Waals surface area contributed by atoms with Gasteiger partial charge in [-0.1, -0.05) is 6.92 Å². The number of benzene rings is 1. The zero-order valence-electron chi connectivity index (χ0n) is 17.3. The van der Waals surface area contributed by atoms with E-state index in [0.29, 0.717) is 22.5 Å². The fourth-order valence-corrected chi connectivity index (χ4v) is 3.93. The van der Waals surface area contributed by atoms with Crippen molar-refractivity contribution in [3.8, 4) is 0 Å². The van der Waals surface area contributed by atoms with Crippen LogP contribution in [0.3, 0.4) is 0 Å². The molecule has 0 saturated heterocycles. The summed E-state index contributed by atoms with van der Waals surface area (Å²) in [5.74, 6) is -1.58. The van der Waals surface area contributed by atoms with Gasteiger partial charge >= 0.3 is 11.9 Å². The van der Waals surface area contributed by atoms with E-state index in [0.717, 1.165) is 16.1 Å². The number of nitrogens with one attached hydrogen (secondary N) is 1. The second kappa shape index (κ2) is 10.1. The van der Waals surface area contributed by atoms with Crippen molar-refractivity contribution in [2.75, 3.05) is 37.5 Å². The number of thiophene rings is 1. The molecule has 2 rings (SSSR count). The summed E-state index contributed by atoms with van der Waals surface area (Å²) in [6.07, 6.45) is 0.643. The zero-order chi connectivity index (χ0) is 21.6. The summed E-state index contributed by atoms with van der Waals surface area (Å²) >= 11 is 1.31. The number of rotatable bonds is 8. The normalized spacial score (nSPS) is 10.4. The van der Waals surface area contributed by atoms with Gasteiger partial charge in [0.15, 0.2) is 6.61 Å². The van der Waals surface area contributed by atoms with E-state index in [9.17, 15) is 14.4 Å². The van der Waals surface area contributed by atoms with Crippen molar-refractivity contribution in [2.24, 2.45) is 0 Å². The highest BCUT2D eigenvalue weighted by atomic mass is 32.1. The Balaban J connectivity index is 2.03. The monoisotopic (exact) mass is 418 g/mol. The van der Waals surface area contributed by atoms with Gasteiger partial charge in [-0.05, 0) is 50.1 Å². The summed E-state index contributed by atoms with van der Waals surface area (Å²) in [4.78, 5) is 39.6. The van der Waals surface area contributed by atoms with E-state index in [-0.39, 0.29) is 6.61 Å². The van der Waals surface area contributed by atoms with Crippen molar-refractivity contribution in [2.45, 2.75) is 27.2 Å². The SMILES string of the molecule is CCOC(=O)c1c(NC(=O)COC(=O)c2ccc(N(C)C)cc2)sc(C)c1CC. The van der Waals surface area contributed by atoms with Gasteiger partial charge in [0.25, 0.3) is 5.91 Å². The van der Waals surface area contributed by atoms with Crippen molar-refractivity contribution < 1.29 is 23.9 Å². The standard InChI is InChI=1S/C21H26N2O5S/c1-6-16-13(3)29-19(18(16)21(26)27-7-2)22-17(24)12-28-20(25)14-8-10-15(11-9-14)23(4)5/h8-11H,6-7,12H2,1-5H3,(H,22,24). The molecule has 0 bridgehead atoms. The van der Waals surface area contributed by atoms with Gasteiger partial charge in [-0.25, -0.2) is 9.59 Å². The number of carbonyl (C=O) groups is 3. The molecule has 0 aliphatic carbocycles. The topological polar surface area (TPSA) is 84.9 Å². The molecule has 1 heterocycles. The lowest BCUT2D eigenvalue weighted by molar-refractivity contribution is -0.119. The summed E-state index contributed by atoms with van der Waals surface area (Å²) in [6.45, 7) is 5.35. The lowest BCUT2D eigenvalue weighted by atomic mass is 10.1. The maximum Gasteiger partial charge on any atom is 0.341 e. The summed E-state index contributed by atoms with van der Waals surface area (Å²) in [6, 6.07) is 6.88. The molecule has 0 aliphatic heterocycles. The van der Waals surface area contributed by atoms with Crippen molar-refractivity contribution in [3.05, 3.63) is 45.8 Å². The first-order valence-electron chi connectivity index (χ1n) is 9.32. The van der Waals surface area contributed by atoms with Crippen molar-refractivity contribution in [1.29, 1.82) is 0 Å². The molecule has 8 heteroatoms. The van der Waals surface area contributed by atoms with Gasteiger partial charge < -0.3 is 19.7 Å². The number of amides is 1. The van der Waals surface area contributed by atoms with Crippen molar-refractivity contribution in [3.63, 3.8) is 0 Å². The molecule has 0 aliphatic rings. The Labute approximate surface area is 174 Å². The Morgan fingerprint density at radius 3 is 2.24 bits per heavy atom. The highest BCUT2D eigenvalue weighted by Gasteiger charge is 2.23. The van der Waals surface area contributed by atoms with E-state index < -0.39 is 24.5 Å².